The second kappa shape index (κ2) is 4.94. The fourth-order valence-corrected chi connectivity index (χ4v) is 2.61. The van der Waals surface area contributed by atoms with Crippen LogP contribution in [-0.2, 0) is 14.8 Å². The SMILES string of the molecule is CS(=O)(=O)NC(=O)C1CCCCC1CN. The van der Waals surface area contributed by atoms with E-state index >= 15 is 0 Å². The average Bonchev–Trinajstić information content (AvgIpc) is 2.15. The Morgan fingerprint density at radius 2 is 2.00 bits per heavy atom. The lowest BCUT2D eigenvalue weighted by molar-refractivity contribution is -0.125. The highest BCUT2D eigenvalue weighted by molar-refractivity contribution is 7.89. The van der Waals surface area contributed by atoms with E-state index in [9.17, 15) is 13.2 Å². The molecular formula is C9H18N2O3S. The van der Waals surface area contributed by atoms with Crippen molar-refractivity contribution in [2.24, 2.45) is 17.6 Å². The number of carbonyl (C=O) groups is 1. The smallest absolute Gasteiger partial charge is 0.236 e. The van der Waals surface area contributed by atoms with Crippen molar-refractivity contribution in [2.75, 3.05) is 12.8 Å². The van der Waals surface area contributed by atoms with E-state index in [1.54, 1.807) is 0 Å². The molecule has 0 spiro atoms. The number of hydrogen-bond acceptors (Lipinski definition) is 4. The van der Waals surface area contributed by atoms with Gasteiger partial charge in [0.2, 0.25) is 15.9 Å². The summed E-state index contributed by atoms with van der Waals surface area (Å²) in [4.78, 5) is 11.6. The average molecular weight is 234 g/mol. The first-order valence-corrected chi connectivity index (χ1v) is 7.05. The van der Waals surface area contributed by atoms with Gasteiger partial charge >= 0.3 is 0 Å². The first-order chi connectivity index (χ1) is 6.94. The molecule has 88 valence electrons. The molecule has 1 saturated carbocycles. The molecule has 0 saturated heterocycles. The van der Waals surface area contributed by atoms with Gasteiger partial charge in [-0.3, -0.25) is 9.52 Å². The Kier molecular flexibility index (Phi) is 4.10. The maximum absolute atomic E-state index is 11.6. The molecule has 0 aromatic rings. The summed E-state index contributed by atoms with van der Waals surface area (Å²) in [5.41, 5.74) is 5.57. The Morgan fingerprint density at radius 3 is 2.53 bits per heavy atom. The fourth-order valence-electron chi connectivity index (χ4n) is 2.09. The summed E-state index contributed by atoms with van der Waals surface area (Å²) in [6, 6.07) is 0. The zero-order valence-electron chi connectivity index (χ0n) is 8.90. The van der Waals surface area contributed by atoms with Crippen LogP contribution in [0.15, 0.2) is 0 Å². The maximum atomic E-state index is 11.6. The Labute approximate surface area is 90.5 Å². The van der Waals surface area contributed by atoms with E-state index in [0.717, 1.165) is 31.9 Å². The first kappa shape index (κ1) is 12.4. The Balaban J connectivity index is 2.64. The summed E-state index contributed by atoms with van der Waals surface area (Å²) in [5.74, 6) is -0.508. The lowest BCUT2D eigenvalue weighted by atomic mass is 9.79. The number of sulfonamides is 1. The highest BCUT2D eigenvalue weighted by Crippen LogP contribution is 2.29. The molecule has 0 radical (unpaired) electrons. The molecule has 0 heterocycles. The standard InChI is InChI=1S/C9H18N2O3S/c1-15(13,14)11-9(12)8-5-3-2-4-7(8)6-10/h7-8H,2-6,10H2,1H3,(H,11,12). The van der Waals surface area contributed by atoms with Gasteiger partial charge in [0.15, 0.2) is 0 Å². The molecular weight excluding hydrogens is 216 g/mol. The number of nitrogens with one attached hydrogen (secondary N) is 1. The lowest BCUT2D eigenvalue weighted by Crippen LogP contribution is -2.41. The van der Waals surface area contributed by atoms with Crippen molar-refractivity contribution in [1.29, 1.82) is 0 Å². The predicted molar refractivity (Wildman–Crippen MR) is 57.5 cm³/mol. The minimum Gasteiger partial charge on any atom is -0.330 e. The number of nitrogens with two attached hydrogens (primary N) is 1. The molecule has 2 atom stereocenters. The van der Waals surface area contributed by atoms with E-state index in [-0.39, 0.29) is 11.8 Å². The Morgan fingerprint density at radius 1 is 1.40 bits per heavy atom. The third kappa shape index (κ3) is 3.79. The van der Waals surface area contributed by atoms with Gasteiger partial charge < -0.3 is 5.73 Å². The third-order valence-electron chi connectivity index (χ3n) is 2.83. The fraction of sp³-hybridized carbons (Fsp3) is 0.889. The van der Waals surface area contributed by atoms with Crippen LogP contribution in [0.1, 0.15) is 25.7 Å². The molecule has 1 amide bonds. The van der Waals surface area contributed by atoms with Gasteiger partial charge in [-0.05, 0) is 25.3 Å². The van der Waals surface area contributed by atoms with Gasteiger partial charge in [-0.1, -0.05) is 12.8 Å². The molecule has 5 nitrogen and oxygen atoms in total. The van der Waals surface area contributed by atoms with Crippen LogP contribution in [0.2, 0.25) is 0 Å². The third-order valence-corrected chi connectivity index (χ3v) is 3.41. The second-order valence-electron chi connectivity index (χ2n) is 4.13. The Bertz CT molecular complexity index is 326. The molecule has 2 unspecified atom stereocenters. The van der Waals surface area contributed by atoms with Gasteiger partial charge in [0.1, 0.15) is 0 Å². The van der Waals surface area contributed by atoms with Crippen LogP contribution in [0.4, 0.5) is 0 Å². The first-order valence-electron chi connectivity index (χ1n) is 5.15. The Hall–Kier alpha value is -0.620. The van der Waals surface area contributed by atoms with Gasteiger partial charge in [0.25, 0.3) is 0 Å². The highest BCUT2D eigenvalue weighted by atomic mass is 32.2. The van der Waals surface area contributed by atoms with Gasteiger partial charge in [-0.15, -0.1) is 0 Å². The molecule has 1 aliphatic carbocycles. The van der Waals surface area contributed by atoms with E-state index in [1.807, 2.05) is 4.72 Å². The number of hydrogen-bond donors (Lipinski definition) is 2. The van der Waals surface area contributed by atoms with Gasteiger partial charge in [0.05, 0.1) is 6.26 Å². The molecule has 0 bridgehead atoms. The lowest BCUT2D eigenvalue weighted by Gasteiger charge is -2.29. The monoisotopic (exact) mass is 234 g/mol. The molecule has 1 aliphatic rings. The van der Waals surface area contributed by atoms with E-state index in [2.05, 4.69) is 0 Å². The topological polar surface area (TPSA) is 89.3 Å². The van der Waals surface area contributed by atoms with Gasteiger partial charge in [-0.2, -0.15) is 0 Å². The van der Waals surface area contributed by atoms with Crippen LogP contribution in [0.25, 0.3) is 0 Å². The molecule has 3 N–H and O–H groups in total. The molecule has 15 heavy (non-hydrogen) atoms. The van der Waals surface area contributed by atoms with Gasteiger partial charge in [-0.25, -0.2) is 8.42 Å². The number of carbonyl (C=O) groups excluding carboxylic acids is 1. The molecule has 6 heteroatoms. The molecule has 1 rings (SSSR count). The summed E-state index contributed by atoms with van der Waals surface area (Å²) < 4.78 is 23.9. The van der Waals surface area contributed by atoms with Crippen molar-refractivity contribution >= 4 is 15.9 Å². The minimum absolute atomic E-state index is 0.125. The predicted octanol–water partition coefficient (Wildman–Crippen LogP) is -0.173. The largest absolute Gasteiger partial charge is 0.330 e. The van der Waals surface area contributed by atoms with Crippen LogP contribution in [0.3, 0.4) is 0 Å². The quantitative estimate of drug-likeness (QED) is 0.709. The summed E-state index contributed by atoms with van der Waals surface area (Å²) in [6.45, 7) is 0.446. The molecule has 0 aliphatic heterocycles. The zero-order valence-corrected chi connectivity index (χ0v) is 9.72. The van der Waals surface area contributed by atoms with E-state index in [4.69, 9.17) is 5.73 Å². The molecule has 1 fully saturated rings. The van der Waals surface area contributed by atoms with Crippen LogP contribution in [0.5, 0.6) is 0 Å². The van der Waals surface area contributed by atoms with Crippen LogP contribution in [-0.4, -0.2) is 27.1 Å². The van der Waals surface area contributed by atoms with Crippen LogP contribution in [0, 0.1) is 11.8 Å². The zero-order chi connectivity index (χ0) is 11.5. The van der Waals surface area contributed by atoms with Crippen molar-refractivity contribution in [3.63, 3.8) is 0 Å². The number of amides is 1. The highest BCUT2D eigenvalue weighted by Gasteiger charge is 2.31. The summed E-state index contributed by atoms with van der Waals surface area (Å²) in [5, 5.41) is 0. The van der Waals surface area contributed by atoms with Crippen LogP contribution < -0.4 is 10.5 Å². The van der Waals surface area contributed by atoms with E-state index in [0.29, 0.717) is 6.54 Å². The second-order valence-corrected chi connectivity index (χ2v) is 5.87. The normalized spacial score (nSPS) is 27.3. The van der Waals surface area contributed by atoms with Crippen molar-refractivity contribution in [3.8, 4) is 0 Å². The van der Waals surface area contributed by atoms with Crippen molar-refractivity contribution in [1.82, 2.24) is 4.72 Å². The van der Waals surface area contributed by atoms with Gasteiger partial charge in [0, 0.05) is 5.92 Å². The van der Waals surface area contributed by atoms with E-state index in [1.165, 1.54) is 0 Å². The van der Waals surface area contributed by atoms with Crippen molar-refractivity contribution in [2.45, 2.75) is 25.7 Å². The van der Waals surface area contributed by atoms with Crippen molar-refractivity contribution in [3.05, 3.63) is 0 Å². The van der Waals surface area contributed by atoms with Crippen LogP contribution >= 0.6 is 0 Å². The summed E-state index contributed by atoms with van der Waals surface area (Å²) in [7, 11) is -3.44. The van der Waals surface area contributed by atoms with Crippen molar-refractivity contribution < 1.29 is 13.2 Å². The minimum atomic E-state index is -3.44. The molecule has 0 aromatic carbocycles. The maximum Gasteiger partial charge on any atom is 0.236 e. The molecule has 0 aromatic heterocycles. The summed E-state index contributed by atoms with van der Waals surface area (Å²) in [6.07, 6.45) is 4.69. The summed E-state index contributed by atoms with van der Waals surface area (Å²) >= 11 is 0. The number of rotatable bonds is 3. The van der Waals surface area contributed by atoms with E-state index < -0.39 is 15.9 Å².